The largest absolute Gasteiger partial charge is 0.393 e. The van der Waals surface area contributed by atoms with Crippen molar-refractivity contribution >= 4 is 17.5 Å². The van der Waals surface area contributed by atoms with Gasteiger partial charge in [0.25, 0.3) is 0 Å². The van der Waals surface area contributed by atoms with E-state index in [1.165, 1.54) is 0 Å². The summed E-state index contributed by atoms with van der Waals surface area (Å²) in [6.07, 6.45) is 1.26. The Balaban J connectivity index is 2.26. The zero-order chi connectivity index (χ0) is 12.7. The minimum Gasteiger partial charge on any atom is -0.393 e. The summed E-state index contributed by atoms with van der Waals surface area (Å²) in [5, 5.41) is 12.5. The van der Waals surface area contributed by atoms with E-state index in [-0.39, 0.29) is 12.0 Å². The molecule has 2 N–H and O–H groups in total. The van der Waals surface area contributed by atoms with Gasteiger partial charge in [0.15, 0.2) is 0 Å². The van der Waals surface area contributed by atoms with Crippen molar-refractivity contribution in [3.8, 4) is 0 Å². The number of carbonyl (C=O) groups excluding carboxylic acids is 1. The van der Waals surface area contributed by atoms with Crippen LogP contribution < -0.4 is 5.32 Å². The first-order valence-corrected chi connectivity index (χ1v) is 6.15. The molecule has 0 radical (unpaired) electrons. The molecule has 0 aliphatic rings. The molecular formula is C13H18ClNO2. The lowest BCUT2D eigenvalue weighted by atomic mass is 10.1. The van der Waals surface area contributed by atoms with Crippen molar-refractivity contribution in [3.63, 3.8) is 0 Å². The third-order valence-corrected chi connectivity index (χ3v) is 2.83. The van der Waals surface area contributed by atoms with Crippen molar-refractivity contribution in [2.45, 2.75) is 32.3 Å². The number of hydrogen-bond donors (Lipinski definition) is 2. The first-order valence-electron chi connectivity index (χ1n) is 5.77. The molecule has 0 saturated heterocycles. The Kier molecular flexibility index (Phi) is 6.01. The first-order chi connectivity index (χ1) is 8.09. The molecule has 1 rings (SSSR count). The lowest BCUT2D eigenvalue weighted by molar-refractivity contribution is -0.121. The second-order valence-electron chi connectivity index (χ2n) is 4.08. The Morgan fingerprint density at radius 2 is 2.18 bits per heavy atom. The molecule has 0 aliphatic carbocycles. The molecule has 0 heterocycles. The molecule has 0 aromatic heterocycles. The Hall–Kier alpha value is -1.06. The van der Waals surface area contributed by atoms with Gasteiger partial charge < -0.3 is 10.4 Å². The number of aliphatic hydroxyl groups excluding tert-OH is 1. The van der Waals surface area contributed by atoms with E-state index in [1.54, 1.807) is 6.92 Å². The van der Waals surface area contributed by atoms with Crippen molar-refractivity contribution in [3.05, 3.63) is 34.9 Å². The number of halogens is 1. The van der Waals surface area contributed by atoms with Crippen molar-refractivity contribution in [1.29, 1.82) is 0 Å². The lowest BCUT2D eigenvalue weighted by Crippen LogP contribution is -2.26. The molecule has 94 valence electrons. The number of benzene rings is 1. The Bertz CT molecular complexity index is 366. The minimum atomic E-state index is -0.376. The molecule has 17 heavy (non-hydrogen) atoms. The molecule has 0 spiro atoms. The summed E-state index contributed by atoms with van der Waals surface area (Å²) in [7, 11) is 0. The number of aryl methyl sites for hydroxylation is 1. The van der Waals surface area contributed by atoms with E-state index in [9.17, 15) is 4.79 Å². The fraction of sp³-hybridized carbons (Fsp3) is 0.462. The van der Waals surface area contributed by atoms with Gasteiger partial charge in [-0.1, -0.05) is 29.8 Å². The minimum absolute atomic E-state index is 0.00873. The van der Waals surface area contributed by atoms with Crippen LogP contribution >= 0.6 is 11.6 Å². The molecular weight excluding hydrogens is 238 g/mol. The molecule has 0 bridgehead atoms. The Morgan fingerprint density at radius 1 is 1.47 bits per heavy atom. The topological polar surface area (TPSA) is 49.3 Å². The van der Waals surface area contributed by atoms with E-state index >= 15 is 0 Å². The summed E-state index contributed by atoms with van der Waals surface area (Å²) in [6, 6.07) is 7.52. The maximum absolute atomic E-state index is 11.5. The van der Waals surface area contributed by atoms with Gasteiger partial charge >= 0.3 is 0 Å². The van der Waals surface area contributed by atoms with Crippen molar-refractivity contribution in [1.82, 2.24) is 5.32 Å². The lowest BCUT2D eigenvalue weighted by Gasteiger charge is -2.07. The van der Waals surface area contributed by atoms with Crippen LogP contribution in [0.2, 0.25) is 5.02 Å². The molecule has 3 nitrogen and oxygen atoms in total. The highest BCUT2D eigenvalue weighted by Crippen LogP contribution is 2.16. The molecule has 1 aromatic carbocycles. The van der Waals surface area contributed by atoms with Gasteiger partial charge in [-0.2, -0.15) is 0 Å². The summed E-state index contributed by atoms with van der Waals surface area (Å²) in [4.78, 5) is 11.5. The average molecular weight is 256 g/mol. The van der Waals surface area contributed by atoms with Crippen LogP contribution in [-0.2, 0) is 11.2 Å². The highest BCUT2D eigenvalue weighted by molar-refractivity contribution is 6.31. The maximum atomic E-state index is 11.5. The van der Waals surface area contributed by atoms with Crippen molar-refractivity contribution in [2.24, 2.45) is 0 Å². The van der Waals surface area contributed by atoms with E-state index < -0.39 is 0 Å². The van der Waals surface area contributed by atoms with Crippen LogP contribution in [0.3, 0.4) is 0 Å². The quantitative estimate of drug-likeness (QED) is 0.819. The standard InChI is InChI=1S/C13H18ClNO2/c1-10(16)8-9-15-13(17)7-6-11-4-2-3-5-12(11)14/h2-5,10,16H,6-9H2,1H3,(H,15,17). The zero-order valence-corrected chi connectivity index (χ0v) is 10.7. The van der Waals surface area contributed by atoms with Crippen LogP contribution in [-0.4, -0.2) is 23.7 Å². The molecule has 1 unspecified atom stereocenters. The summed E-state index contributed by atoms with van der Waals surface area (Å²) < 4.78 is 0. The fourth-order valence-corrected chi connectivity index (χ4v) is 1.69. The highest BCUT2D eigenvalue weighted by atomic mass is 35.5. The van der Waals surface area contributed by atoms with Gasteiger partial charge in [-0.15, -0.1) is 0 Å². The Labute approximate surface area is 107 Å². The molecule has 4 heteroatoms. The van der Waals surface area contributed by atoms with Gasteiger partial charge in [0.2, 0.25) is 5.91 Å². The van der Waals surface area contributed by atoms with E-state index in [4.69, 9.17) is 16.7 Å². The molecule has 1 aromatic rings. The van der Waals surface area contributed by atoms with Crippen LogP contribution in [0.15, 0.2) is 24.3 Å². The molecule has 0 aliphatic heterocycles. The maximum Gasteiger partial charge on any atom is 0.220 e. The zero-order valence-electron chi connectivity index (χ0n) is 9.95. The van der Waals surface area contributed by atoms with Gasteiger partial charge in [0.05, 0.1) is 6.10 Å². The normalized spacial score (nSPS) is 12.2. The number of nitrogens with one attached hydrogen (secondary N) is 1. The third-order valence-electron chi connectivity index (χ3n) is 2.46. The number of amides is 1. The molecule has 1 atom stereocenters. The average Bonchev–Trinajstić information content (AvgIpc) is 2.27. The SMILES string of the molecule is CC(O)CCNC(=O)CCc1ccccc1Cl. The smallest absolute Gasteiger partial charge is 0.220 e. The summed E-state index contributed by atoms with van der Waals surface area (Å²) in [6.45, 7) is 2.22. The number of hydrogen-bond acceptors (Lipinski definition) is 2. The van der Waals surface area contributed by atoms with Crippen molar-refractivity contribution < 1.29 is 9.90 Å². The second kappa shape index (κ2) is 7.30. The van der Waals surface area contributed by atoms with E-state index in [0.717, 1.165) is 5.56 Å². The number of aliphatic hydroxyl groups is 1. The van der Waals surface area contributed by atoms with Gasteiger partial charge in [-0.25, -0.2) is 0 Å². The summed E-state index contributed by atoms with van der Waals surface area (Å²) in [5.41, 5.74) is 0.986. The predicted octanol–water partition coefficient (Wildman–Crippen LogP) is 2.16. The van der Waals surface area contributed by atoms with Crippen LogP contribution in [0.25, 0.3) is 0 Å². The van der Waals surface area contributed by atoms with Gasteiger partial charge in [0.1, 0.15) is 0 Å². The molecule has 0 saturated carbocycles. The van der Waals surface area contributed by atoms with Crippen molar-refractivity contribution in [2.75, 3.05) is 6.54 Å². The molecule has 1 amide bonds. The van der Waals surface area contributed by atoms with E-state index in [1.807, 2.05) is 24.3 Å². The third kappa shape index (κ3) is 5.71. The number of rotatable bonds is 6. The van der Waals surface area contributed by atoms with E-state index in [2.05, 4.69) is 5.32 Å². The Morgan fingerprint density at radius 3 is 2.82 bits per heavy atom. The van der Waals surface area contributed by atoms with Gasteiger partial charge in [0, 0.05) is 18.0 Å². The summed E-state index contributed by atoms with van der Waals surface area (Å²) >= 11 is 5.99. The van der Waals surface area contributed by atoms with E-state index in [0.29, 0.717) is 30.8 Å². The fourth-order valence-electron chi connectivity index (χ4n) is 1.46. The molecule has 0 fully saturated rings. The van der Waals surface area contributed by atoms with Crippen LogP contribution in [0, 0.1) is 0 Å². The second-order valence-corrected chi connectivity index (χ2v) is 4.49. The predicted molar refractivity (Wildman–Crippen MR) is 69.1 cm³/mol. The van der Waals surface area contributed by atoms with Crippen LogP contribution in [0.1, 0.15) is 25.3 Å². The van der Waals surface area contributed by atoms with Gasteiger partial charge in [-0.05, 0) is 31.4 Å². The monoisotopic (exact) mass is 255 g/mol. The number of carbonyl (C=O) groups is 1. The summed E-state index contributed by atoms with van der Waals surface area (Å²) in [5.74, 6) is -0.00873. The first kappa shape index (κ1) is 14.0. The van der Waals surface area contributed by atoms with Crippen LogP contribution in [0.4, 0.5) is 0 Å². The van der Waals surface area contributed by atoms with Crippen LogP contribution in [0.5, 0.6) is 0 Å². The highest BCUT2D eigenvalue weighted by Gasteiger charge is 2.04. The van der Waals surface area contributed by atoms with Gasteiger partial charge in [-0.3, -0.25) is 4.79 Å².